The van der Waals surface area contributed by atoms with Gasteiger partial charge in [0.15, 0.2) is 0 Å². The van der Waals surface area contributed by atoms with Crippen molar-refractivity contribution >= 4 is 11.9 Å². The van der Waals surface area contributed by atoms with Crippen LogP contribution in [-0.2, 0) is 11.3 Å². The molecule has 1 saturated heterocycles. The maximum atomic E-state index is 12.0. The third kappa shape index (κ3) is 1.58. The lowest BCUT2D eigenvalue weighted by atomic mass is 9.96. The van der Waals surface area contributed by atoms with Crippen molar-refractivity contribution < 1.29 is 9.59 Å². The van der Waals surface area contributed by atoms with Gasteiger partial charge in [0.25, 0.3) is 5.91 Å². The van der Waals surface area contributed by atoms with E-state index in [1.54, 1.807) is 11.1 Å². The van der Waals surface area contributed by atoms with Gasteiger partial charge in [-0.05, 0) is 25.0 Å². The molecule has 1 aliphatic carbocycles. The molecule has 3 rings (SSSR count). The highest BCUT2D eigenvalue weighted by Crippen LogP contribution is 2.39. The largest absolute Gasteiger partial charge is 0.325 e. The van der Waals surface area contributed by atoms with E-state index in [4.69, 9.17) is 0 Å². The molecule has 1 aromatic rings. The third-order valence-corrected chi connectivity index (χ3v) is 3.88. The van der Waals surface area contributed by atoms with Crippen molar-refractivity contribution in [2.45, 2.75) is 37.8 Å². The summed E-state index contributed by atoms with van der Waals surface area (Å²) in [7, 11) is 0. The van der Waals surface area contributed by atoms with Crippen LogP contribution in [0.1, 0.15) is 31.4 Å². The first-order valence-electron chi connectivity index (χ1n) is 6.25. The van der Waals surface area contributed by atoms with Gasteiger partial charge in [-0.2, -0.15) is 0 Å². The number of pyridine rings is 1. The Morgan fingerprint density at radius 2 is 2.06 bits per heavy atom. The molecule has 2 heterocycles. The van der Waals surface area contributed by atoms with E-state index < -0.39 is 5.54 Å². The van der Waals surface area contributed by atoms with Gasteiger partial charge in [0.2, 0.25) is 0 Å². The molecule has 0 atom stereocenters. The molecule has 1 saturated carbocycles. The molecule has 1 aromatic heterocycles. The highest BCUT2D eigenvalue weighted by molar-refractivity contribution is 6.07. The lowest BCUT2D eigenvalue weighted by molar-refractivity contribution is -0.126. The molecule has 1 aliphatic heterocycles. The Hall–Kier alpha value is -1.91. The van der Waals surface area contributed by atoms with E-state index in [1.165, 1.54) is 0 Å². The Morgan fingerprint density at radius 3 is 2.72 bits per heavy atom. The smallest absolute Gasteiger partial charge is 0.304 e. The van der Waals surface area contributed by atoms with Crippen LogP contribution in [0.15, 0.2) is 24.4 Å². The molecule has 5 heteroatoms. The van der Waals surface area contributed by atoms with E-state index >= 15 is 0 Å². The van der Waals surface area contributed by atoms with Crippen LogP contribution in [-0.4, -0.2) is 27.4 Å². The molecule has 0 radical (unpaired) electrons. The Kier molecular flexibility index (Phi) is 2.54. The van der Waals surface area contributed by atoms with E-state index in [2.05, 4.69) is 10.3 Å². The number of aromatic nitrogens is 1. The molecule has 2 aliphatic rings. The fourth-order valence-corrected chi connectivity index (χ4v) is 2.93. The van der Waals surface area contributed by atoms with Crippen molar-refractivity contribution in [2.24, 2.45) is 0 Å². The van der Waals surface area contributed by atoms with Crippen molar-refractivity contribution in [3.8, 4) is 0 Å². The summed E-state index contributed by atoms with van der Waals surface area (Å²) in [6.07, 6.45) is 5.22. The van der Waals surface area contributed by atoms with Crippen molar-refractivity contribution in [2.75, 3.05) is 0 Å². The van der Waals surface area contributed by atoms with Gasteiger partial charge in [-0.1, -0.05) is 18.9 Å². The minimum absolute atomic E-state index is 0.138. The molecule has 3 amide bonds. The Morgan fingerprint density at radius 1 is 1.28 bits per heavy atom. The Labute approximate surface area is 105 Å². The van der Waals surface area contributed by atoms with Crippen molar-refractivity contribution in [3.05, 3.63) is 30.1 Å². The number of imide groups is 1. The fraction of sp³-hybridized carbons (Fsp3) is 0.462. The lowest BCUT2D eigenvalue weighted by Crippen LogP contribution is -2.46. The van der Waals surface area contributed by atoms with Gasteiger partial charge < -0.3 is 4.90 Å². The summed E-state index contributed by atoms with van der Waals surface area (Å²) in [5, 5.41) is 2.44. The van der Waals surface area contributed by atoms with Gasteiger partial charge in [-0.15, -0.1) is 0 Å². The predicted octanol–water partition coefficient (Wildman–Crippen LogP) is 1.45. The summed E-state index contributed by atoms with van der Waals surface area (Å²) in [5.74, 6) is -0.138. The Bertz CT molecular complexity index is 480. The number of rotatable bonds is 2. The molecule has 0 unspecified atom stereocenters. The van der Waals surface area contributed by atoms with E-state index in [0.29, 0.717) is 6.54 Å². The third-order valence-electron chi connectivity index (χ3n) is 3.88. The summed E-state index contributed by atoms with van der Waals surface area (Å²) >= 11 is 0. The summed E-state index contributed by atoms with van der Waals surface area (Å²) in [5.41, 5.74) is 0.197. The Balaban J connectivity index is 1.89. The maximum Gasteiger partial charge on any atom is 0.325 e. The first-order chi connectivity index (χ1) is 8.72. The number of hydrogen-bond donors (Lipinski definition) is 1. The molecule has 1 spiro atoms. The lowest BCUT2D eigenvalue weighted by Gasteiger charge is -2.31. The van der Waals surface area contributed by atoms with Gasteiger partial charge >= 0.3 is 6.03 Å². The van der Waals surface area contributed by atoms with Crippen molar-refractivity contribution in [1.82, 2.24) is 15.2 Å². The zero-order valence-corrected chi connectivity index (χ0v) is 10.1. The zero-order chi connectivity index (χ0) is 12.6. The molecule has 2 fully saturated rings. The van der Waals surface area contributed by atoms with Crippen LogP contribution < -0.4 is 5.32 Å². The molecule has 94 valence electrons. The highest BCUT2D eigenvalue weighted by atomic mass is 16.2. The first kappa shape index (κ1) is 11.2. The van der Waals surface area contributed by atoms with Gasteiger partial charge in [0.05, 0.1) is 12.2 Å². The molecule has 0 aromatic carbocycles. The van der Waals surface area contributed by atoms with Crippen LogP contribution in [0, 0.1) is 0 Å². The summed E-state index contributed by atoms with van der Waals surface area (Å²) in [4.78, 5) is 29.8. The minimum atomic E-state index is -0.616. The van der Waals surface area contributed by atoms with Gasteiger partial charge in [-0.3, -0.25) is 15.1 Å². The normalized spacial score (nSPS) is 21.7. The second kappa shape index (κ2) is 4.08. The van der Waals surface area contributed by atoms with Crippen LogP contribution in [0.2, 0.25) is 0 Å². The molecular weight excluding hydrogens is 230 g/mol. The van der Waals surface area contributed by atoms with E-state index in [-0.39, 0.29) is 11.9 Å². The number of urea groups is 1. The maximum absolute atomic E-state index is 12.0. The average molecular weight is 245 g/mol. The highest BCUT2D eigenvalue weighted by Gasteiger charge is 2.53. The average Bonchev–Trinajstić information content (AvgIpc) is 2.94. The minimum Gasteiger partial charge on any atom is -0.304 e. The fourth-order valence-electron chi connectivity index (χ4n) is 2.93. The van der Waals surface area contributed by atoms with E-state index in [1.807, 2.05) is 18.2 Å². The van der Waals surface area contributed by atoms with Crippen LogP contribution in [0.4, 0.5) is 4.79 Å². The molecular formula is C13H15N3O2. The quantitative estimate of drug-likeness (QED) is 0.802. The van der Waals surface area contributed by atoms with E-state index in [9.17, 15) is 9.59 Å². The second-order valence-corrected chi connectivity index (χ2v) is 4.91. The topological polar surface area (TPSA) is 62.3 Å². The monoisotopic (exact) mass is 245 g/mol. The number of carbonyl (C=O) groups excluding carboxylic acids is 2. The molecule has 0 bridgehead atoms. The number of carbonyl (C=O) groups is 2. The van der Waals surface area contributed by atoms with Gasteiger partial charge in [-0.25, -0.2) is 4.79 Å². The number of amides is 3. The summed E-state index contributed by atoms with van der Waals surface area (Å²) < 4.78 is 0. The second-order valence-electron chi connectivity index (χ2n) is 4.91. The number of nitrogens with zero attached hydrogens (tertiary/aromatic N) is 2. The van der Waals surface area contributed by atoms with Gasteiger partial charge in [0, 0.05) is 6.20 Å². The van der Waals surface area contributed by atoms with Crippen molar-refractivity contribution in [1.29, 1.82) is 0 Å². The molecule has 18 heavy (non-hydrogen) atoms. The van der Waals surface area contributed by atoms with E-state index in [0.717, 1.165) is 31.4 Å². The van der Waals surface area contributed by atoms with Crippen molar-refractivity contribution in [3.63, 3.8) is 0 Å². The summed E-state index contributed by atoms with van der Waals surface area (Å²) in [6, 6.07) is 5.31. The van der Waals surface area contributed by atoms with Crippen LogP contribution in [0.3, 0.4) is 0 Å². The SMILES string of the molecule is O=C1NC(=O)C2(CCCC2)N1Cc1ccccn1. The first-order valence-corrected chi connectivity index (χ1v) is 6.25. The molecule has 5 nitrogen and oxygen atoms in total. The number of nitrogens with one attached hydrogen (secondary N) is 1. The van der Waals surface area contributed by atoms with Crippen LogP contribution >= 0.6 is 0 Å². The molecule has 1 N–H and O–H groups in total. The van der Waals surface area contributed by atoms with Gasteiger partial charge in [0.1, 0.15) is 5.54 Å². The predicted molar refractivity (Wildman–Crippen MR) is 64.5 cm³/mol. The van der Waals surface area contributed by atoms with Crippen LogP contribution in [0.25, 0.3) is 0 Å². The van der Waals surface area contributed by atoms with Crippen LogP contribution in [0.5, 0.6) is 0 Å². The standard InChI is InChI=1S/C13H15N3O2/c17-11-13(6-2-3-7-13)16(12(18)15-11)9-10-5-1-4-8-14-10/h1,4-5,8H,2-3,6-7,9H2,(H,15,17,18). The number of hydrogen-bond acceptors (Lipinski definition) is 3. The zero-order valence-electron chi connectivity index (χ0n) is 10.1. The summed E-state index contributed by atoms with van der Waals surface area (Å²) in [6.45, 7) is 0.401.